The van der Waals surface area contributed by atoms with E-state index in [1.165, 1.54) is 0 Å². The Kier molecular flexibility index (Phi) is 7.18. The second-order valence-corrected chi connectivity index (χ2v) is 5.91. The average molecular weight is 255 g/mol. The third-order valence-electron chi connectivity index (χ3n) is 2.85. The van der Waals surface area contributed by atoms with Crippen LogP contribution in [0.2, 0.25) is 0 Å². The van der Waals surface area contributed by atoms with Crippen molar-refractivity contribution >= 4 is 5.91 Å². The predicted molar refractivity (Wildman–Crippen MR) is 77.4 cm³/mol. The molecule has 0 heterocycles. The Morgan fingerprint density at radius 1 is 1.33 bits per heavy atom. The van der Waals surface area contributed by atoms with Crippen molar-refractivity contribution in [2.24, 2.45) is 11.1 Å². The molecule has 2 N–H and O–H groups in total. The van der Waals surface area contributed by atoms with Gasteiger partial charge in [0, 0.05) is 19.6 Å². The van der Waals surface area contributed by atoms with E-state index in [1.54, 1.807) is 0 Å². The summed E-state index contributed by atoms with van der Waals surface area (Å²) < 4.78 is 0. The van der Waals surface area contributed by atoms with E-state index in [9.17, 15) is 4.79 Å². The van der Waals surface area contributed by atoms with E-state index >= 15 is 0 Å². The Morgan fingerprint density at radius 3 is 2.28 bits per heavy atom. The summed E-state index contributed by atoms with van der Waals surface area (Å²) in [7, 11) is 1.96. The Morgan fingerprint density at radius 2 is 1.89 bits per heavy atom. The highest BCUT2D eigenvalue weighted by atomic mass is 16.2. The van der Waals surface area contributed by atoms with Gasteiger partial charge in [-0.3, -0.25) is 9.69 Å². The zero-order valence-corrected chi connectivity index (χ0v) is 12.6. The second-order valence-electron chi connectivity index (χ2n) is 5.91. The van der Waals surface area contributed by atoms with Crippen LogP contribution in [0.3, 0.4) is 0 Å². The number of rotatable bonds is 8. The van der Waals surface area contributed by atoms with Gasteiger partial charge in [-0.1, -0.05) is 26.0 Å². The van der Waals surface area contributed by atoms with E-state index in [-0.39, 0.29) is 11.3 Å². The fourth-order valence-electron chi connectivity index (χ4n) is 1.88. The Bertz CT molecular complexity index is 287. The van der Waals surface area contributed by atoms with Crippen LogP contribution >= 0.6 is 0 Å². The molecule has 0 spiro atoms. The molecule has 0 fully saturated rings. The maximum Gasteiger partial charge on any atom is 0.237 e. The first-order chi connectivity index (χ1) is 8.21. The Balaban J connectivity index is 4.32. The fraction of sp³-hybridized carbons (Fsp3) is 0.786. The van der Waals surface area contributed by atoms with Gasteiger partial charge in [0.1, 0.15) is 0 Å². The van der Waals surface area contributed by atoms with Crippen molar-refractivity contribution in [3.05, 3.63) is 12.2 Å². The molecule has 0 aliphatic carbocycles. The van der Waals surface area contributed by atoms with Gasteiger partial charge >= 0.3 is 0 Å². The van der Waals surface area contributed by atoms with Crippen LogP contribution in [0.5, 0.6) is 0 Å². The molecule has 0 saturated carbocycles. The normalized spacial score (nSPS) is 11.7. The van der Waals surface area contributed by atoms with Crippen molar-refractivity contribution in [1.82, 2.24) is 9.80 Å². The number of carbonyl (C=O) groups is 1. The van der Waals surface area contributed by atoms with Crippen LogP contribution in [0.25, 0.3) is 0 Å². The van der Waals surface area contributed by atoms with Crippen LogP contribution in [-0.2, 0) is 4.79 Å². The maximum absolute atomic E-state index is 12.1. The lowest BCUT2D eigenvalue weighted by Crippen LogP contribution is -2.43. The van der Waals surface area contributed by atoms with Gasteiger partial charge in [-0.05, 0) is 32.9 Å². The van der Waals surface area contributed by atoms with Gasteiger partial charge in [-0.15, -0.1) is 0 Å². The minimum Gasteiger partial charge on any atom is -0.338 e. The number of likely N-dealkylation sites (N-methyl/N-ethyl adjacent to an activating group) is 2. The molecule has 106 valence electrons. The molecule has 0 aliphatic rings. The van der Waals surface area contributed by atoms with Crippen molar-refractivity contribution < 1.29 is 4.79 Å². The lowest BCUT2D eigenvalue weighted by molar-refractivity contribution is -0.131. The monoisotopic (exact) mass is 255 g/mol. The Hall–Kier alpha value is -0.870. The first-order valence-corrected chi connectivity index (χ1v) is 6.52. The molecule has 0 aromatic carbocycles. The third kappa shape index (κ3) is 6.77. The summed E-state index contributed by atoms with van der Waals surface area (Å²) in [4.78, 5) is 16.0. The minimum atomic E-state index is 0.0421. The van der Waals surface area contributed by atoms with Gasteiger partial charge in [-0.2, -0.15) is 0 Å². The molecular formula is C14H29N3O. The van der Waals surface area contributed by atoms with Crippen LogP contribution in [0.4, 0.5) is 0 Å². The molecule has 0 atom stereocenters. The summed E-state index contributed by atoms with van der Waals surface area (Å²) >= 11 is 0. The summed E-state index contributed by atoms with van der Waals surface area (Å²) in [6.45, 7) is 15.2. The highest BCUT2D eigenvalue weighted by molar-refractivity contribution is 5.78. The highest BCUT2D eigenvalue weighted by Gasteiger charge is 2.21. The summed E-state index contributed by atoms with van der Waals surface area (Å²) in [6.07, 6.45) is 0. The summed E-state index contributed by atoms with van der Waals surface area (Å²) in [5.74, 6) is 0.149. The molecule has 0 bridgehead atoms. The van der Waals surface area contributed by atoms with Crippen LogP contribution in [-0.4, -0.2) is 55.5 Å². The van der Waals surface area contributed by atoms with Crippen LogP contribution in [0, 0.1) is 5.41 Å². The first-order valence-electron chi connectivity index (χ1n) is 6.52. The second kappa shape index (κ2) is 7.54. The van der Waals surface area contributed by atoms with Gasteiger partial charge in [0.25, 0.3) is 0 Å². The lowest BCUT2D eigenvalue weighted by atomic mass is 9.93. The molecule has 0 radical (unpaired) electrons. The summed E-state index contributed by atoms with van der Waals surface area (Å²) in [5.41, 5.74) is 6.76. The van der Waals surface area contributed by atoms with Gasteiger partial charge in [0.05, 0.1) is 6.54 Å². The third-order valence-corrected chi connectivity index (χ3v) is 2.85. The molecule has 0 aromatic rings. The smallest absolute Gasteiger partial charge is 0.237 e. The molecule has 0 aromatic heterocycles. The molecule has 4 heteroatoms. The van der Waals surface area contributed by atoms with Gasteiger partial charge in [0.15, 0.2) is 0 Å². The minimum absolute atomic E-state index is 0.0421. The number of amides is 1. The number of nitrogens with zero attached hydrogens (tertiary/aromatic N) is 2. The molecule has 0 saturated heterocycles. The van der Waals surface area contributed by atoms with Crippen LogP contribution in [0.15, 0.2) is 12.2 Å². The van der Waals surface area contributed by atoms with Crippen LogP contribution in [0.1, 0.15) is 27.7 Å². The molecule has 0 rings (SSSR count). The molecule has 0 aliphatic heterocycles. The van der Waals surface area contributed by atoms with Gasteiger partial charge in [0.2, 0.25) is 5.91 Å². The molecule has 4 nitrogen and oxygen atoms in total. The van der Waals surface area contributed by atoms with E-state index in [4.69, 9.17) is 5.73 Å². The zero-order chi connectivity index (χ0) is 14.3. The van der Waals surface area contributed by atoms with Crippen LogP contribution < -0.4 is 5.73 Å². The van der Waals surface area contributed by atoms with E-state index in [0.717, 1.165) is 18.7 Å². The van der Waals surface area contributed by atoms with Crippen molar-refractivity contribution in [2.75, 3.05) is 39.8 Å². The number of hydrogen-bond donors (Lipinski definition) is 1. The predicted octanol–water partition coefficient (Wildman–Crippen LogP) is 1.33. The Labute approximate surface area is 112 Å². The number of carbonyl (C=O) groups excluding carboxylic acids is 1. The summed E-state index contributed by atoms with van der Waals surface area (Å²) in [6, 6.07) is 0. The number of nitrogens with two attached hydrogens (primary N) is 1. The molecular weight excluding hydrogens is 226 g/mol. The number of hydrogen-bond acceptors (Lipinski definition) is 3. The van der Waals surface area contributed by atoms with E-state index in [2.05, 4.69) is 20.4 Å². The molecule has 18 heavy (non-hydrogen) atoms. The van der Waals surface area contributed by atoms with E-state index in [0.29, 0.717) is 19.6 Å². The van der Waals surface area contributed by atoms with E-state index in [1.807, 2.05) is 30.7 Å². The SMILES string of the molecule is C=C(C)CN(CC)C(=O)CN(C)CC(C)(C)CN. The lowest BCUT2D eigenvalue weighted by Gasteiger charge is -2.30. The molecule has 1 amide bonds. The maximum atomic E-state index is 12.1. The standard InChI is InChI=1S/C14H29N3O/c1-7-17(8-12(2)3)13(18)9-16(6)11-14(4,5)10-15/h2,7-11,15H2,1,3-6H3. The van der Waals surface area contributed by atoms with Crippen molar-refractivity contribution in [3.63, 3.8) is 0 Å². The molecule has 0 unspecified atom stereocenters. The first kappa shape index (κ1) is 17.1. The fourth-order valence-corrected chi connectivity index (χ4v) is 1.88. The van der Waals surface area contributed by atoms with Crippen molar-refractivity contribution in [1.29, 1.82) is 0 Å². The van der Waals surface area contributed by atoms with E-state index < -0.39 is 0 Å². The topological polar surface area (TPSA) is 49.6 Å². The van der Waals surface area contributed by atoms with Crippen molar-refractivity contribution in [3.8, 4) is 0 Å². The quantitative estimate of drug-likeness (QED) is 0.666. The highest BCUT2D eigenvalue weighted by Crippen LogP contribution is 2.13. The zero-order valence-electron chi connectivity index (χ0n) is 12.6. The summed E-state index contributed by atoms with van der Waals surface area (Å²) in [5, 5.41) is 0. The average Bonchev–Trinajstić information content (AvgIpc) is 2.24. The van der Waals surface area contributed by atoms with Gasteiger partial charge in [-0.25, -0.2) is 0 Å². The van der Waals surface area contributed by atoms with Crippen molar-refractivity contribution in [2.45, 2.75) is 27.7 Å². The largest absolute Gasteiger partial charge is 0.338 e. The van der Waals surface area contributed by atoms with Gasteiger partial charge < -0.3 is 10.6 Å².